The maximum absolute atomic E-state index is 12.3. The third kappa shape index (κ3) is 3.14. The number of carbonyl (C=O) groups is 1. The average molecular weight is 308 g/mol. The molecule has 0 bridgehead atoms. The van der Waals surface area contributed by atoms with Crippen LogP contribution in [0, 0.1) is 20.8 Å². The van der Waals surface area contributed by atoms with Crippen molar-refractivity contribution in [2.45, 2.75) is 20.8 Å². The first-order valence-corrected chi connectivity index (χ1v) is 6.98. The van der Waals surface area contributed by atoms with Gasteiger partial charge in [-0.25, -0.2) is 0 Å². The van der Waals surface area contributed by atoms with Crippen LogP contribution in [0.15, 0.2) is 30.3 Å². The second kappa shape index (κ2) is 5.86. The van der Waals surface area contributed by atoms with Crippen LogP contribution in [-0.4, -0.2) is 5.91 Å². The molecule has 1 amide bonds. The van der Waals surface area contributed by atoms with Crippen molar-refractivity contribution in [3.05, 3.63) is 62.6 Å². The topological polar surface area (TPSA) is 29.1 Å². The predicted molar refractivity (Wildman–Crippen MR) is 85.1 cm³/mol. The van der Waals surface area contributed by atoms with Crippen LogP contribution in [0.5, 0.6) is 0 Å². The van der Waals surface area contributed by atoms with Gasteiger partial charge in [-0.15, -0.1) is 0 Å². The van der Waals surface area contributed by atoms with Gasteiger partial charge in [0.15, 0.2) is 0 Å². The molecule has 0 unspecified atom stereocenters. The summed E-state index contributed by atoms with van der Waals surface area (Å²) in [6.45, 7) is 5.97. The number of carbonyl (C=O) groups excluding carboxylic acids is 1. The van der Waals surface area contributed by atoms with E-state index in [-0.39, 0.29) is 5.91 Å². The van der Waals surface area contributed by atoms with E-state index in [9.17, 15) is 4.79 Å². The van der Waals surface area contributed by atoms with Gasteiger partial charge < -0.3 is 5.32 Å². The minimum atomic E-state index is -0.235. The molecule has 0 aromatic heterocycles. The summed E-state index contributed by atoms with van der Waals surface area (Å²) >= 11 is 11.9. The summed E-state index contributed by atoms with van der Waals surface area (Å²) in [6.07, 6.45) is 0. The maximum Gasteiger partial charge on any atom is 0.257 e. The molecule has 0 saturated carbocycles. The van der Waals surface area contributed by atoms with Crippen LogP contribution >= 0.6 is 23.2 Å². The van der Waals surface area contributed by atoms with Crippen molar-refractivity contribution >= 4 is 34.8 Å². The Morgan fingerprint density at radius 1 is 1.00 bits per heavy atom. The number of anilines is 1. The van der Waals surface area contributed by atoms with Gasteiger partial charge in [0.05, 0.1) is 10.6 Å². The molecule has 104 valence electrons. The van der Waals surface area contributed by atoms with Crippen LogP contribution in [0.3, 0.4) is 0 Å². The van der Waals surface area contributed by atoms with Crippen molar-refractivity contribution in [2.24, 2.45) is 0 Å². The first-order chi connectivity index (χ1) is 9.38. The largest absolute Gasteiger partial charge is 0.321 e. The summed E-state index contributed by atoms with van der Waals surface area (Å²) in [5.41, 5.74) is 4.46. The number of amides is 1. The van der Waals surface area contributed by atoms with Crippen LogP contribution in [-0.2, 0) is 0 Å². The van der Waals surface area contributed by atoms with E-state index in [1.807, 2.05) is 32.9 Å². The van der Waals surface area contributed by atoms with Crippen molar-refractivity contribution in [1.82, 2.24) is 0 Å². The molecule has 0 aliphatic carbocycles. The highest BCUT2D eigenvalue weighted by molar-refractivity contribution is 6.37. The highest BCUT2D eigenvalue weighted by atomic mass is 35.5. The molecule has 2 aromatic rings. The fraction of sp³-hybridized carbons (Fsp3) is 0.188. The molecular weight excluding hydrogens is 293 g/mol. The second-order valence-corrected chi connectivity index (χ2v) is 5.70. The molecule has 2 aromatic carbocycles. The second-order valence-electron chi connectivity index (χ2n) is 4.85. The lowest BCUT2D eigenvalue weighted by atomic mass is 10.0. The Balaban J connectivity index is 2.33. The van der Waals surface area contributed by atoms with Crippen LogP contribution < -0.4 is 5.32 Å². The van der Waals surface area contributed by atoms with Gasteiger partial charge in [-0.1, -0.05) is 40.9 Å². The number of hydrogen-bond donors (Lipinski definition) is 1. The van der Waals surface area contributed by atoms with E-state index in [1.165, 1.54) is 5.56 Å². The zero-order valence-electron chi connectivity index (χ0n) is 11.6. The minimum Gasteiger partial charge on any atom is -0.321 e. The van der Waals surface area contributed by atoms with Gasteiger partial charge in [0.2, 0.25) is 0 Å². The summed E-state index contributed by atoms with van der Waals surface area (Å²) in [5, 5.41) is 3.77. The first-order valence-electron chi connectivity index (χ1n) is 6.22. The summed E-state index contributed by atoms with van der Waals surface area (Å²) < 4.78 is 0. The van der Waals surface area contributed by atoms with Gasteiger partial charge in [-0.3, -0.25) is 4.79 Å². The Bertz CT molecular complexity index is 657. The molecule has 2 rings (SSSR count). The smallest absolute Gasteiger partial charge is 0.257 e. The van der Waals surface area contributed by atoms with E-state index < -0.39 is 0 Å². The Kier molecular flexibility index (Phi) is 4.36. The van der Waals surface area contributed by atoms with E-state index in [4.69, 9.17) is 23.2 Å². The Morgan fingerprint density at radius 3 is 2.15 bits per heavy atom. The molecular formula is C16H15Cl2NO. The zero-order chi connectivity index (χ0) is 14.9. The molecule has 2 nitrogen and oxygen atoms in total. The van der Waals surface area contributed by atoms with Gasteiger partial charge in [0, 0.05) is 10.7 Å². The van der Waals surface area contributed by atoms with Gasteiger partial charge in [0.1, 0.15) is 0 Å². The summed E-state index contributed by atoms with van der Waals surface area (Å²) in [4.78, 5) is 12.3. The van der Waals surface area contributed by atoms with Crippen molar-refractivity contribution in [1.29, 1.82) is 0 Å². The normalized spacial score (nSPS) is 10.4. The molecule has 0 aliphatic rings. The number of halogens is 2. The van der Waals surface area contributed by atoms with E-state index in [0.29, 0.717) is 15.6 Å². The van der Waals surface area contributed by atoms with Gasteiger partial charge in [-0.2, -0.15) is 0 Å². The van der Waals surface area contributed by atoms with Crippen molar-refractivity contribution in [3.63, 3.8) is 0 Å². The van der Waals surface area contributed by atoms with E-state index in [0.717, 1.165) is 16.8 Å². The zero-order valence-corrected chi connectivity index (χ0v) is 13.1. The SMILES string of the molecule is Cc1cc(C)c(NC(=O)c2ccc(Cl)cc2Cl)c(C)c1. The molecule has 0 atom stereocenters. The van der Waals surface area contributed by atoms with Crippen molar-refractivity contribution in [2.75, 3.05) is 5.32 Å². The lowest BCUT2D eigenvalue weighted by Crippen LogP contribution is -2.14. The molecule has 0 fully saturated rings. The Labute approximate surface area is 128 Å². The summed E-state index contributed by atoms with van der Waals surface area (Å²) in [7, 11) is 0. The third-order valence-electron chi connectivity index (χ3n) is 3.09. The van der Waals surface area contributed by atoms with Gasteiger partial charge in [0.25, 0.3) is 5.91 Å². The molecule has 0 spiro atoms. The maximum atomic E-state index is 12.3. The fourth-order valence-corrected chi connectivity index (χ4v) is 2.73. The van der Waals surface area contributed by atoms with Crippen molar-refractivity contribution < 1.29 is 4.79 Å². The third-order valence-corrected chi connectivity index (χ3v) is 3.64. The van der Waals surface area contributed by atoms with Crippen LogP contribution in [0.25, 0.3) is 0 Å². The Hall–Kier alpha value is -1.51. The van der Waals surface area contributed by atoms with Crippen LogP contribution in [0.1, 0.15) is 27.0 Å². The average Bonchev–Trinajstić information content (AvgIpc) is 2.33. The molecule has 0 aliphatic heterocycles. The molecule has 20 heavy (non-hydrogen) atoms. The van der Waals surface area contributed by atoms with E-state index >= 15 is 0 Å². The molecule has 4 heteroatoms. The fourth-order valence-electron chi connectivity index (χ4n) is 2.23. The molecule has 1 N–H and O–H groups in total. The predicted octanol–water partition coefficient (Wildman–Crippen LogP) is 5.17. The summed E-state index contributed by atoms with van der Waals surface area (Å²) in [6, 6.07) is 8.90. The first kappa shape index (κ1) is 14.9. The molecule has 0 radical (unpaired) electrons. The van der Waals surface area contributed by atoms with Gasteiger partial charge >= 0.3 is 0 Å². The standard InChI is InChI=1S/C16H15Cl2NO/c1-9-6-10(2)15(11(3)7-9)19-16(20)13-5-4-12(17)8-14(13)18/h4-8H,1-3H3,(H,19,20). The van der Waals surface area contributed by atoms with Gasteiger partial charge in [-0.05, 0) is 50.1 Å². The Morgan fingerprint density at radius 2 is 1.60 bits per heavy atom. The molecule has 0 heterocycles. The number of hydrogen-bond acceptors (Lipinski definition) is 1. The number of aryl methyl sites for hydroxylation is 3. The highest BCUT2D eigenvalue weighted by Gasteiger charge is 2.13. The number of nitrogens with one attached hydrogen (secondary N) is 1. The lowest BCUT2D eigenvalue weighted by Gasteiger charge is -2.13. The molecule has 0 saturated heterocycles. The number of rotatable bonds is 2. The summed E-state index contributed by atoms with van der Waals surface area (Å²) in [5.74, 6) is -0.235. The minimum absolute atomic E-state index is 0.235. The van der Waals surface area contributed by atoms with E-state index in [2.05, 4.69) is 5.32 Å². The van der Waals surface area contributed by atoms with Crippen LogP contribution in [0.4, 0.5) is 5.69 Å². The lowest BCUT2D eigenvalue weighted by molar-refractivity contribution is 0.102. The van der Waals surface area contributed by atoms with Crippen molar-refractivity contribution in [3.8, 4) is 0 Å². The highest BCUT2D eigenvalue weighted by Crippen LogP contribution is 2.25. The van der Waals surface area contributed by atoms with E-state index in [1.54, 1.807) is 18.2 Å². The monoisotopic (exact) mass is 307 g/mol. The van der Waals surface area contributed by atoms with Crippen LogP contribution in [0.2, 0.25) is 10.0 Å². The quantitative estimate of drug-likeness (QED) is 0.814. The number of benzene rings is 2.